The standard InChI is InChI=1S/C29H37NO3/c1-28-14-11-24-23(26(28)12-15-29(28,33)13-4-16-31)10-7-20-17-22(32)18-25(27(20)24)19-5-8-21(9-6-19)30(2)3/h4-6,8-9,13,17,23,25-26,31,33H,7,10-12,14-16,18H2,1-3H3/b13-4-/t23-,25+,26+,28+,29+/m1/s1. The third-order valence-corrected chi connectivity index (χ3v) is 9.31. The number of rotatable bonds is 4. The van der Waals surface area contributed by atoms with Gasteiger partial charge in [0.15, 0.2) is 5.78 Å². The van der Waals surface area contributed by atoms with E-state index in [-0.39, 0.29) is 23.7 Å². The fourth-order valence-corrected chi connectivity index (χ4v) is 7.50. The summed E-state index contributed by atoms with van der Waals surface area (Å²) < 4.78 is 0. The van der Waals surface area contributed by atoms with Crippen molar-refractivity contribution in [3.63, 3.8) is 0 Å². The van der Waals surface area contributed by atoms with Gasteiger partial charge in [0.05, 0.1) is 12.2 Å². The lowest BCUT2D eigenvalue weighted by Crippen LogP contribution is -2.48. The van der Waals surface area contributed by atoms with Crippen LogP contribution in [0.4, 0.5) is 5.69 Å². The molecule has 0 bridgehead atoms. The average Bonchev–Trinajstić information content (AvgIpc) is 3.07. The van der Waals surface area contributed by atoms with Gasteiger partial charge in [0.25, 0.3) is 0 Å². The molecule has 33 heavy (non-hydrogen) atoms. The maximum absolute atomic E-state index is 12.7. The Bertz CT molecular complexity index is 1030. The van der Waals surface area contributed by atoms with Crippen molar-refractivity contribution < 1.29 is 15.0 Å². The minimum absolute atomic E-state index is 0.0295. The molecule has 4 aliphatic rings. The summed E-state index contributed by atoms with van der Waals surface area (Å²) in [5, 5.41) is 20.9. The van der Waals surface area contributed by atoms with E-state index in [0.29, 0.717) is 18.3 Å². The van der Waals surface area contributed by atoms with Gasteiger partial charge in [-0.2, -0.15) is 0 Å². The predicted molar refractivity (Wildman–Crippen MR) is 132 cm³/mol. The van der Waals surface area contributed by atoms with Gasteiger partial charge >= 0.3 is 0 Å². The van der Waals surface area contributed by atoms with Gasteiger partial charge in [-0.15, -0.1) is 0 Å². The van der Waals surface area contributed by atoms with Crippen LogP contribution in [0.1, 0.15) is 63.4 Å². The van der Waals surface area contributed by atoms with E-state index >= 15 is 0 Å². The molecule has 4 nitrogen and oxygen atoms in total. The molecule has 176 valence electrons. The molecule has 5 atom stereocenters. The van der Waals surface area contributed by atoms with Crippen LogP contribution in [-0.4, -0.2) is 42.3 Å². The number of allylic oxidation sites excluding steroid dienone is 4. The second-order valence-corrected chi connectivity index (χ2v) is 11.0. The summed E-state index contributed by atoms with van der Waals surface area (Å²) in [7, 11) is 4.10. The number of anilines is 1. The van der Waals surface area contributed by atoms with Gasteiger partial charge in [0.1, 0.15) is 0 Å². The van der Waals surface area contributed by atoms with E-state index in [1.807, 2.05) is 26.2 Å². The Labute approximate surface area is 197 Å². The minimum atomic E-state index is -0.837. The summed E-state index contributed by atoms with van der Waals surface area (Å²) >= 11 is 0. The highest BCUT2D eigenvalue weighted by Crippen LogP contribution is 2.64. The SMILES string of the molecule is CN(C)c1ccc([C@@H]2CC(=O)C=C3CC[C@@H]4C(=C32)CC[C@@]2(C)[C@H]4CC[C@@]2(O)/C=C\CO)cc1. The van der Waals surface area contributed by atoms with Crippen molar-refractivity contribution >= 4 is 11.5 Å². The highest BCUT2D eigenvalue weighted by Gasteiger charge is 2.60. The van der Waals surface area contributed by atoms with Crippen LogP contribution in [0.15, 0.2) is 59.2 Å². The molecular formula is C29H37NO3. The van der Waals surface area contributed by atoms with Crippen molar-refractivity contribution in [1.82, 2.24) is 0 Å². The molecule has 2 fully saturated rings. The second-order valence-electron chi connectivity index (χ2n) is 11.0. The van der Waals surface area contributed by atoms with Crippen LogP contribution in [0.25, 0.3) is 0 Å². The van der Waals surface area contributed by atoms with Crippen molar-refractivity contribution in [1.29, 1.82) is 0 Å². The van der Waals surface area contributed by atoms with Crippen LogP contribution in [-0.2, 0) is 4.79 Å². The molecule has 0 aliphatic heterocycles. The molecule has 0 unspecified atom stereocenters. The highest BCUT2D eigenvalue weighted by molar-refractivity contribution is 5.94. The van der Waals surface area contributed by atoms with Crippen molar-refractivity contribution in [2.45, 2.75) is 63.4 Å². The Kier molecular flexibility index (Phi) is 5.65. The molecule has 0 radical (unpaired) electrons. The average molecular weight is 448 g/mol. The van der Waals surface area contributed by atoms with Crippen molar-refractivity contribution in [3.05, 3.63) is 64.8 Å². The first-order valence-electron chi connectivity index (χ1n) is 12.5. The monoisotopic (exact) mass is 447 g/mol. The van der Waals surface area contributed by atoms with Gasteiger partial charge in [-0.25, -0.2) is 0 Å². The summed E-state index contributed by atoms with van der Waals surface area (Å²) in [5.41, 5.74) is 5.66. The number of aliphatic hydroxyl groups is 2. The van der Waals surface area contributed by atoms with E-state index in [1.54, 1.807) is 11.6 Å². The van der Waals surface area contributed by atoms with E-state index in [4.69, 9.17) is 0 Å². The van der Waals surface area contributed by atoms with E-state index < -0.39 is 5.60 Å². The number of carbonyl (C=O) groups excluding carboxylic acids is 1. The topological polar surface area (TPSA) is 60.8 Å². The van der Waals surface area contributed by atoms with Gasteiger partial charge in [0, 0.05) is 37.5 Å². The van der Waals surface area contributed by atoms with Crippen molar-refractivity contribution in [2.75, 3.05) is 25.6 Å². The van der Waals surface area contributed by atoms with Gasteiger partial charge < -0.3 is 15.1 Å². The number of benzene rings is 1. The summed E-state index contributed by atoms with van der Waals surface area (Å²) in [6.45, 7) is 2.24. The molecule has 4 aliphatic carbocycles. The molecule has 0 saturated heterocycles. The van der Waals surface area contributed by atoms with Crippen LogP contribution in [0, 0.1) is 17.3 Å². The molecule has 0 spiro atoms. The lowest BCUT2D eigenvalue weighted by Gasteiger charge is -2.51. The summed E-state index contributed by atoms with van der Waals surface area (Å²) in [5.74, 6) is 1.31. The van der Waals surface area contributed by atoms with Gasteiger partial charge in [0.2, 0.25) is 0 Å². The zero-order valence-corrected chi connectivity index (χ0v) is 20.2. The smallest absolute Gasteiger partial charge is 0.156 e. The fourth-order valence-electron chi connectivity index (χ4n) is 7.50. The first-order chi connectivity index (χ1) is 15.8. The molecular weight excluding hydrogens is 410 g/mol. The molecule has 0 amide bonds. The molecule has 2 saturated carbocycles. The van der Waals surface area contributed by atoms with Gasteiger partial charge in [-0.3, -0.25) is 4.79 Å². The lowest BCUT2D eigenvalue weighted by molar-refractivity contribution is -0.115. The zero-order valence-electron chi connectivity index (χ0n) is 20.2. The third-order valence-electron chi connectivity index (χ3n) is 9.31. The largest absolute Gasteiger partial charge is 0.392 e. The Balaban J connectivity index is 1.55. The Morgan fingerprint density at radius 2 is 1.88 bits per heavy atom. The number of hydrogen-bond donors (Lipinski definition) is 2. The molecule has 4 heteroatoms. The predicted octanol–water partition coefficient (Wildman–Crippen LogP) is 4.93. The Hall–Kier alpha value is -2.17. The van der Waals surface area contributed by atoms with E-state index in [0.717, 1.165) is 38.5 Å². The first-order valence-corrected chi connectivity index (χ1v) is 12.5. The van der Waals surface area contributed by atoms with E-state index in [2.05, 4.69) is 36.1 Å². The number of nitrogens with zero attached hydrogens (tertiary/aromatic N) is 1. The van der Waals surface area contributed by atoms with Crippen LogP contribution >= 0.6 is 0 Å². The summed E-state index contributed by atoms with van der Waals surface area (Å²) in [4.78, 5) is 14.8. The van der Waals surface area contributed by atoms with E-state index in [1.165, 1.54) is 22.4 Å². The Morgan fingerprint density at radius 3 is 2.58 bits per heavy atom. The highest BCUT2D eigenvalue weighted by atomic mass is 16.3. The molecule has 1 aromatic carbocycles. The summed E-state index contributed by atoms with van der Waals surface area (Å²) in [6, 6.07) is 8.72. The zero-order chi connectivity index (χ0) is 23.4. The molecule has 5 rings (SSSR count). The van der Waals surface area contributed by atoms with Crippen LogP contribution in [0.5, 0.6) is 0 Å². The van der Waals surface area contributed by atoms with E-state index in [9.17, 15) is 15.0 Å². The van der Waals surface area contributed by atoms with Crippen LogP contribution in [0.3, 0.4) is 0 Å². The summed E-state index contributed by atoms with van der Waals surface area (Å²) in [6.07, 6.45) is 11.8. The maximum atomic E-state index is 12.7. The van der Waals surface area contributed by atoms with Crippen molar-refractivity contribution in [3.8, 4) is 0 Å². The molecule has 0 heterocycles. The lowest BCUT2D eigenvalue weighted by atomic mass is 9.54. The quantitative estimate of drug-likeness (QED) is 0.643. The maximum Gasteiger partial charge on any atom is 0.156 e. The number of fused-ring (bicyclic) bond motifs is 4. The van der Waals surface area contributed by atoms with Crippen molar-refractivity contribution in [2.24, 2.45) is 17.3 Å². The fraction of sp³-hybridized carbons (Fsp3) is 0.552. The number of carbonyl (C=O) groups is 1. The van der Waals surface area contributed by atoms with Crippen LogP contribution < -0.4 is 4.90 Å². The van der Waals surface area contributed by atoms with Gasteiger partial charge in [-0.05, 0) is 85.3 Å². The molecule has 1 aromatic rings. The normalized spacial score (nSPS) is 35.8. The molecule has 2 N–H and O–H groups in total. The van der Waals surface area contributed by atoms with Gasteiger partial charge in [-0.1, -0.05) is 36.8 Å². The third kappa shape index (κ3) is 3.54. The first kappa shape index (κ1) is 22.6. The second kappa shape index (κ2) is 8.25. The number of ketones is 1. The number of aliphatic hydroxyl groups excluding tert-OH is 1. The Morgan fingerprint density at radius 1 is 1.12 bits per heavy atom. The number of hydrogen-bond acceptors (Lipinski definition) is 4. The minimum Gasteiger partial charge on any atom is -0.392 e. The van der Waals surface area contributed by atoms with Crippen LogP contribution in [0.2, 0.25) is 0 Å². The molecule has 0 aromatic heterocycles.